The van der Waals surface area contributed by atoms with Crippen molar-refractivity contribution in [3.8, 4) is 0 Å². The standard InChI is InChI=1S/C22H28N4O4/c1-22(16-11-10-14-6-5-7-15(14)12-16)19(28)26(21(30)25-22)13-18(27)24-20(29)23-17-8-3-2-4-9-17/h10-12,17H,2-9,13H2,1H3,(H,25,30)(H2,23,24,27,29)/t22-/m1/s1. The molecule has 0 bridgehead atoms. The van der Waals surface area contributed by atoms with Crippen molar-refractivity contribution in [2.24, 2.45) is 0 Å². The maximum atomic E-state index is 13.0. The van der Waals surface area contributed by atoms with Crippen LogP contribution in [0.2, 0.25) is 0 Å². The number of hydrogen-bond donors (Lipinski definition) is 3. The Hall–Kier alpha value is -2.90. The summed E-state index contributed by atoms with van der Waals surface area (Å²) >= 11 is 0. The summed E-state index contributed by atoms with van der Waals surface area (Å²) in [6, 6.07) is 4.69. The Balaban J connectivity index is 1.38. The fraction of sp³-hybridized carbons (Fsp3) is 0.545. The number of rotatable bonds is 4. The van der Waals surface area contributed by atoms with E-state index in [2.05, 4.69) is 16.0 Å². The lowest BCUT2D eigenvalue weighted by Crippen LogP contribution is -2.49. The monoisotopic (exact) mass is 412 g/mol. The number of fused-ring (bicyclic) bond motifs is 1. The summed E-state index contributed by atoms with van der Waals surface area (Å²) in [6.45, 7) is 1.15. The predicted molar refractivity (Wildman–Crippen MR) is 110 cm³/mol. The van der Waals surface area contributed by atoms with Gasteiger partial charge in [-0.3, -0.25) is 19.8 Å². The van der Waals surface area contributed by atoms with E-state index in [0.717, 1.165) is 56.3 Å². The van der Waals surface area contributed by atoms with Crippen LogP contribution in [0.25, 0.3) is 0 Å². The molecular formula is C22H28N4O4. The average molecular weight is 412 g/mol. The molecular weight excluding hydrogens is 384 g/mol. The van der Waals surface area contributed by atoms with Crippen molar-refractivity contribution >= 4 is 23.9 Å². The summed E-state index contributed by atoms with van der Waals surface area (Å²) in [5.41, 5.74) is 1.96. The van der Waals surface area contributed by atoms with Crippen LogP contribution in [0.4, 0.5) is 9.59 Å². The van der Waals surface area contributed by atoms with E-state index in [9.17, 15) is 19.2 Å². The van der Waals surface area contributed by atoms with Crippen LogP contribution in [0.3, 0.4) is 0 Å². The highest BCUT2D eigenvalue weighted by atomic mass is 16.2. The Morgan fingerprint density at radius 2 is 1.83 bits per heavy atom. The number of nitrogens with one attached hydrogen (secondary N) is 3. The van der Waals surface area contributed by atoms with Gasteiger partial charge in [0.2, 0.25) is 5.91 Å². The van der Waals surface area contributed by atoms with E-state index >= 15 is 0 Å². The van der Waals surface area contributed by atoms with E-state index in [0.29, 0.717) is 5.56 Å². The molecule has 1 heterocycles. The van der Waals surface area contributed by atoms with Crippen LogP contribution in [-0.2, 0) is 28.0 Å². The number of aryl methyl sites for hydroxylation is 2. The molecule has 2 fully saturated rings. The zero-order chi connectivity index (χ0) is 21.3. The second-order valence-electron chi connectivity index (χ2n) is 8.64. The maximum Gasteiger partial charge on any atom is 0.325 e. The van der Waals surface area contributed by atoms with Gasteiger partial charge in [0.1, 0.15) is 12.1 Å². The summed E-state index contributed by atoms with van der Waals surface area (Å²) in [4.78, 5) is 50.7. The number of hydrogen-bond acceptors (Lipinski definition) is 4. The van der Waals surface area contributed by atoms with Gasteiger partial charge in [-0.25, -0.2) is 9.59 Å². The van der Waals surface area contributed by atoms with Gasteiger partial charge < -0.3 is 10.6 Å². The summed E-state index contributed by atoms with van der Waals surface area (Å²) in [6.07, 6.45) is 8.15. The molecule has 2 aliphatic carbocycles. The minimum atomic E-state index is -1.22. The van der Waals surface area contributed by atoms with Gasteiger partial charge in [0.15, 0.2) is 0 Å². The third-order valence-corrected chi connectivity index (χ3v) is 6.45. The van der Waals surface area contributed by atoms with Crippen molar-refractivity contribution < 1.29 is 19.2 Å². The van der Waals surface area contributed by atoms with Crippen LogP contribution in [0, 0.1) is 0 Å². The molecule has 0 spiro atoms. The minimum absolute atomic E-state index is 0.0615. The van der Waals surface area contributed by atoms with Crippen LogP contribution in [-0.4, -0.2) is 41.4 Å². The van der Waals surface area contributed by atoms with Crippen LogP contribution in [0.15, 0.2) is 18.2 Å². The highest BCUT2D eigenvalue weighted by Gasteiger charge is 2.49. The summed E-state index contributed by atoms with van der Waals surface area (Å²) < 4.78 is 0. The number of benzene rings is 1. The zero-order valence-electron chi connectivity index (χ0n) is 17.3. The van der Waals surface area contributed by atoms with E-state index in [4.69, 9.17) is 0 Å². The lowest BCUT2D eigenvalue weighted by molar-refractivity contribution is -0.134. The lowest BCUT2D eigenvalue weighted by atomic mass is 9.89. The number of urea groups is 2. The van der Waals surface area contributed by atoms with Crippen molar-refractivity contribution in [1.29, 1.82) is 0 Å². The number of carbonyl (C=O) groups is 4. The second-order valence-corrected chi connectivity index (χ2v) is 8.64. The van der Waals surface area contributed by atoms with Gasteiger partial charge in [-0.15, -0.1) is 0 Å². The summed E-state index contributed by atoms with van der Waals surface area (Å²) in [7, 11) is 0. The molecule has 3 aliphatic rings. The molecule has 0 unspecified atom stereocenters. The number of imide groups is 2. The van der Waals surface area contributed by atoms with E-state index in [1.54, 1.807) is 6.92 Å². The fourth-order valence-electron chi connectivity index (χ4n) is 4.70. The van der Waals surface area contributed by atoms with Gasteiger partial charge in [0, 0.05) is 6.04 Å². The molecule has 8 heteroatoms. The molecule has 8 nitrogen and oxygen atoms in total. The Labute approximate surface area is 175 Å². The first-order valence-electron chi connectivity index (χ1n) is 10.7. The topological polar surface area (TPSA) is 108 Å². The zero-order valence-corrected chi connectivity index (χ0v) is 17.3. The molecule has 1 saturated heterocycles. The molecule has 1 aromatic rings. The molecule has 3 N–H and O–H groups in total. The minimum Gasteiger partial charge on any atom is -0.335 e. The average Bonchev–Trinajstić information content (AvgIpc) is 3.27. The fourth-order valence-corrected chi connectivity index (χ4v) is 4.70. The molecule has 160 valence electrons. The van der Waals surface area contributed by atoms with Gasteiger partial charge in [-0.1, -0.05) is 37.5 Å². The lowest BCUT2D eigenvalue weighted by Gasteiger charge is -2.23. The van der Waals surface area contributed by atoms with Gasteiger partial charge in [-0.05, 0) is 55.7 Å². The first-order valence-corrected chi connectivity index (χ1v) is 10.7. The van der Waals surface area contributed by atoms with Crippen LogP contribution < -0.4 is 16.0 Å². The van der Waals surface area contributed by atoms with Gasteiger partial charge in [0.05, 0.1) is 0 Å². The highest BCUT2D eigenvalue weighted by Crippen LogP contribution is 2.32. The van der Waals surface area contributed by atoms with E-state index in [-0.39, 0.29) is 6.04 Å². The Kier molecular flexibility index (Phi) is 5.49. The van der Waals surface area contributed by atoms with E-state index in [1.165, 1.54) is 11.1 Å². The number of carbonyl (C=O) groups excluding carboxylic acids is 4. The highest BCUT2D eigenvalue weighted by molar-refractivity contribution is 6.10. The third kappa shape index (κ3) is 3.91. The van der Waals surface area contributed by atoms with Crippen molar-refractivity contribution in [2.75, 3.05) is 6.54 Å². The van der Waals surface area contributed by atoms with Crippen molar-refractivity contribution in [1.82, 2.24) is 20.9 Å². The first kappa shape index (κ1) is 20.4. The van der Waals surface area contributed by atoms with Crippen molar-refractivity contribution in [3.05, 3.63) is 34.9 Å². The van der Waals surface area contributed by atoms with Crippen LogP contribution in [0.5, 0.6) is 0 Å². The second kappa shape index (κ2) is 8.08. The normalized spacial score (nSPS) is 23.8. The quantitative estimate of drug-likeness (QED) is 0.658. The molecule has 4 rings (SSSR count). The van der Waals surface area contributed by atoms with Crippen molar-refractivity contribution in [2.45, 2.75) is 69.9 Å². The molecule has 1 aliphatic heterocycles. The predicted octanol–water partition coefficient (Wildman–Crippen LogP) is 2.10. The summed E-state index contributed by atoms with van der Waals surface area (Å²) in [5.74, 6) is -1.18. The third-order valence-electron chi connectivity index (χ3n) is 6.45. The first-order chi connectivity index (χ1) is 14.4. The maximum absolute atomic E-state index is 13.0. The van der Waals surface area contributed by atoms with E-state index in [1.807, 2.05) is 18.2 Å². The molecule has 6 amide bonds. The Morgan fingerprint density at radius 1 is 1.10 bits per heavy atom. The molecule has 0 aromatic heterocycles. The van der Waals surface area contributed by atoms with Crippen molar-refractivity contribution in [3.63, 3.8) is 0 Å². The van der Waals surface area contributed by atoms with Crippen LogP contribution in [0.1, 0.15) is 62.1 Å². The van der Waals surface area contributed by atoms with Crippen LogP contribution >= 0.6 is 0 Å². The molecule has 0 radical (unpaired) electrons. The SMILES string of the molecule is C[C@]1(c2ccc3c(c2)CCC3)NC(=O)N(CC(=O)NC(=O)NC2CCCCC2)C1=O. The van der Waals surface area contributed by atoms with Gasteiger partial charge in [0.25, 0.3) is 5.91 Å². The largest absolute Gasteiger partial charge is 0.335 e. The molecule has 1 atom stereocenters. The summed E-state index contributed by atoms with van der Waals surface area (Å²) in [5, 5.41) is 7.74. The van der Waals surface area contributed by atoms with Gasteiger partial charge in [-0.2, -0.15) is 0 Å². The van der Waals surface area contributed by atoms with E-state index < -0.39 is 36.0 Å². The van der Waals surface area contributed by atoms with Gasteiger partial charge >= 0.3 is 12.1 Å². The molecule has 1 saturated carbocycles. The molecule has 30 heavy (non-hydrogen) atoms. The Bertz CT molecular complexity index is 893. The smallest absolute Gasteiger partial charge is 0.325 e. The number of amides is 6. The Morgan fingerprint density at radius 3 is 2.60 bits per heavy atom. The molecule has 1 aromatic carbocycles. The number of nitrogens with zero attached hydrogens (tertiary/aromatic N) is 1.